The van der Waals surface area contributed by atoms with Gasteiger partial charge in [0.2, 0.25) is 0 Å². The number of benzene rings is 1. The Hall–Kier alpha value is -2.22. The van der Waals surface area contributed by atoms with Crippen LogP contribution in [0.15, 0.2) is 24.3 Å². The van der Waals surface area contributed by atoms with Crippen molar-refractivity contribution in [3.8, 4) is 0 Å². The van der Waals surface area contributed by atoms with Crippen LogP contribution >= 0.6 is 12.2 Å². The van der Waals surface area contributed by atoms with Crippen LogP contribution in [0.5, 0.6) is 0 Å². The highest BCUT2D eigenvalue weighted by molar-refractivity contribution is 7.80. The van der Waals surface area contributed by atoms with Gasteiger partial charge in [-0.3, -0.25) is 20.4 Å². The molecule has 0 bridgehead atoms. The topological polar surface area (TPSA) is 82.3 Å². The van der Waals surface area contributed by atoms with Gasteiger partial charge in [-0.1, -0.05) is 33.6 Å². The lowest BCUT2D eigenvalue weighted by atomic mass is 10.0. The van der Waals surface area contributed by atoms with Crippen LogP contribution in [-0.2, 0) is 4.79 Å². The van der Waals surface area contributed by atoms with Gasteiger partial charge in [0.15, 0.2) is 5.11 Å². The van der Waals surface area contributed by atoms with E-state index in [9.17, 15) is 14.0 Å². The first-order chi connectivity index (χ1) is 12.3. The summed E-state index contributed by atoms with van der Waals surface area (Å²) in [6.45, 7) is 6.47. The summed E-state index contributed by atoms with van der Waals surface area (Å²) >= 11 is 5.09. The second-order valence-electron chi connectivity index (χ2n) is 6.28. The third-order valence-electron chi connectivity index (χ3n) is 3.71. The molecule has 0 aliphatic rings. The fourth-order valence-electron chi connectivity index (χ4n) is 2.18. The van der Waals surface area contributed by atoms with Crippen molar-refractivity contribution in [1.82, 2.24) is 21.5 Å². The van der Waals surface area contributed by atoms with Gasteiger partial charge >= 0.3 is 0 Å². The number of carbonyl (C=O) groups excluding carboxylic acids is 2. The SMILES string of the molecule is CCCCCNC(=S)NNC(=O)[C@@H](NC(=O)c1ccc(F)cc1)C(C)C. The molecule has 1 aromatic carbocycles. The molecule has 1 rings (SSSR count). The van der Waals surface area contributed by atoms with Gasteiger partial charge in [0.05, 0.1) is 0 Å². The van der Waals surface area contributed by atoms with Crippen LogP contribution in [0, 0.1) is 11.7 Å². The number of thiocarbonyl (C=S) groups is 1. The van der Waals surface area contributed by atoms with Gasteiger partial charge in [0.1, 0.15) is 11.9 Å². The largest absolute Gasteiger partial charge is 0.361 e. The van der Waals surface area contributed by atoms with E-state index in [4.69, 9.17) is 12.2 Å². The number of amides is 2. The van der Waals surface area contributed by atoms with E-state index in [2.05, 4.69) is 28.4 Å². The van der Waals surface area contributed by atoms with E-state index >= 15 is 0 Å². The number of hydrazine groups is 1. The summed E-state index contributed by atoms with van der Waals surface area (Å²) in [6, 6.07) is 4.37. The molecule has 6 nitrogen and oxygen atoms in total. The lowest BCUT2D eigenvalue weighted by Crippen LogP contribution is -2.55. The Morgan fingerprint density at radius 2 is 1.77 bits per heavy atom. The molecule has 0 aliphatic carbocycles. The molecule has 0 spiro atoms. The predicted octanol–water partition coefficient (Wildman–Crippen LogP) is 2.27. The second-order valence-corrected chi connectivity index (χ2v) is 6.69. The highest BCUT2D eigenvalue weighted by Crippen LogP contribution is 2.06. The van der Waals surface area contributed by atoms with Gasteiger partial charge in [-0.2, -0.15) is 0 Å². The van der Waals surface area contributed by atoms with Gasteiger partial charge < -0.3 is 10.6 Å². The summed E-state index contributed by atoms with van der Waals surface area (Å²) in [6.07, 6.45) is 3.21. The van der Waals surface area contributed by atoms with Gasteiger partial charge in [-0.15, -0.1) is 0 Å². The van der Waals surface area contributed by atoms with Gasteiger partial charge in [-0.05, 0) is 48.8 Å². The first-order valence-electron chi connectivity index (χ1n) is 8.75. The molecule has 0 saturated heterocycles. The molecule has 0 radical (unpaired) electrons. The summed E-state index contributed by atoms with van der Waals surface area (Å²) in [5.74, 6) is -1.43. The monoisotopic (exact) mass is 382 g/mol. The maximum Gasteiger partial charge on any atom is 0.261 e. The minimum atomic E-state index is -0.761. The average Bonchev–Trinajstić information content (AvgIpc) is 2.61. The Morgan fingerprint density at radius 3 is 2.35 bits per heavy atom. The molecular weight excluding hydrogens is 355 g/mol. The summed E-state index contributed by atoms with van der Waals surface area (Å²) < 4.78 is 13.0. The van der Waals surface area contributed by atoms with E-state index in [0.717, 1.165) is 25.8 Å². The average molecular weight is 383 g/mol. The first-order valence-corrected chi connectivity index (χ1v) is 9.16. The number of hydrogen-bond acceptors (Lipinski definition) is 3. The Morgan fingerprint density at radius 1 is 1.12 bits per heavy atom. The van der Waals surface area contributed by atoms with Gasteiger partial charge in [0, 0.05) is 12.1 Å². The van der Waals surface area contributed by atoms with Crippen LogP contribution < -0.4 is 21.5 Å². The van der Waals surface area contributed by atoms with Crippen LogP contribution in [0.25, 0.3) is 0 Å². The van der Waals surface area contributed by atoms with Crippen molar-refractivity contribution < 1.29 is 14.0 Å². The molecule has 0 aliphatic heterocycles. The number of carbonyl (C=O) groups is 2. The van der Waals surface area contributed by atoms with E-state index in [-0.39, 0.29) is 11.5 Å². The summed E-state index contributed by atoms with van der Waals surface area (Å²) in [5.41, 5.74) is 5.42. The third kappa shape index (κ3) is 7.77. The Bertz CT molecular complexity index is 608. The molecular formula is C18H27FN4O2S. The van der Waals surface area contributed by atoms with Crippen molar-refractivity contribution in [3.05, 3.63) is 35.6 Å². The van der Waals surface area contributed by atoms with E-state index in [1.807, 2.05) is 13.8 Å². The zero-order valence-corrected chi connectivity index (χ0v) is 16.2. The Kier molecular flexibility index (Phi) is 9.57. The Balaban J connectivity index is 2.52. The molecule has 26 heavy (non-hydrogen) atoms. The van der Waals surface area contributed by atoms with Crippen molar-refractivity contribution in [2.75, 3.05) is 6.54 Å². The van der Waals surface area contributed by atoms with E-state index in [0.29, 0.717) is 5.11 Å². The van der Waals surface area contributed by atoms with E-state index < -0.39 is 23.7 Å². The molecule has 144 valence electrons. The molecule has 0 saturated carbocycles. The third-order valence-corrected chi connectivity index (χ3v) is 3.95. The summed E-state index contributed by atoms with van der Waals surface area (Å²) in [7, 11) is 0. The number of halogens is 1. The maximum absolute atomic E-state index is 13.0. The van der Waals surface area contributed by atoms with Crippen molar-refractivity contribution in [2.45, 2.75) is 46.1 Å². The highest BCUT2D eigenvalue weighted by atomic mass is 32.1. The molecule has 0 heterocycles. The smallest absolute Gasteiger partial charge is 0.261 e. The normalized spacial score (nSPS) is 11.6. The lowest BCUT2D eigenvalue weighted by Gasteiger charge is -2.22. The number of hydrogen-bond donors (Lipinski definition) is 4. The molecule has 4 N–H and O–H groups in total. The van der Waals surface area contributed by atoms with Gasteiger partial charge in [-0.25, -0.2) is 4.39 Å². The fraction of sp³-hybridized carbons (Fsp3) is 0.500. The van der Waals surface area contributed by atoms with Crippen LogP contribution in [0.1, 0.15) is 50.4 Å². The van der Waals surface area contributed by atoms with Crippen LogP contribution in [0.4, 0.5) is 4.39 Å². The summed E-state index contributed by atoms with van der Waals surface area (Å²) in [5, 5.41) is 5.98. The number of unbranched alkanes of at least 4 members (excludes halogenated alkanes) is 2. The molecule has 2 amide bonds. The van der Waals surface area contributed by atoms with Crippen LogP contribution in [0.3, 0.4) is 0 Å². The number of rotatable bonds is 8. The standard InChI is InChI=1S/C18H27FN4O2S/c1-4-5-6-11-20-18(26)23-22-17(25)15(12(2)3)21-16(24)13-7-9-14(19)10-8-13/h7-10,12,15H,4-6,11H2,1-3H3,(H,21,24)(H,22,25)(H2,20,23,26)/t15-/m0/s1. The van der Waals surface area contributed by atoms with Gasteiger partial charge in [0.25, 0.3) is 11.8 Å². The predicted molar refractivity (Wildman–Crippen MR) is 104 cm³/mol. The lowest BCUT2D eigenvalue weighted by molar-refractivity contribution is -0.124. The fourth-order valence-corrected chi connectivity index (χ4v) is 2.33. The molecule has 1 atom stereocenters. The van der Waals surface area contributed by atoms with Crippen molar-refractivity contribution in [1.29, 1.82) is 0 Å². The zero-order chi connectivity index (χ0) is 19.5. The van der Waals surface area contributed by atoms with Crippen molar-refractivity contribution in [3.63, 3.8) is 0 Å². The molecule has 0 unspecified atom stereocenters. The first kappa shape index (κ1) is 21.8. The quantitative estimate of drug-likeness (QED) is 0.315. The highest BCUT2D eigenvalue weighted by Gasteiger charge is 2.24. The van der Waals surface area contributed by atoms with Crippen LogP contribution in [0.2, 0.25) is 0 Å². The summed E-state index contributed by atoms with van der Waals surface area (Å²) in [4.78, 5) is 24.6. The van der Waals surface area contributed by atoms with Crippen molar-refractivity contribution in [2.24, 2.45) is 5.92 Å². The maximum atomic E-state index is 13.0. The molecule has 0 fully saturated rings. The molecule has 8 heteroatoms. The van der Waals surface area contributed by atoms with Crippen molar-refractivity contribution >= 4 is 29.1 Å². The molecule has 1 aromatic rings. The number of nitrogens with one attached hydrogen (secondary N) is 4. The van der Waals surface area contributed by atoms with E-state index in [1.165, 1.54) is 24.3 Å². The van der Waals surface area contributed by atoms with Crippen LogP contribution in [-0.4, -0.2) is 29.5 Å². The molecule has 0 aromatic heterocycles. The second kappa shape index (κ2) is 11.4. The minimum absolute atomic E-state index is 0.146. The van der Waals surface area contributed by atoms with E-state index in [1.54, 1.807) is 0 Å². The zero-order valence-electron chi connectivity index (χ0n) is 15.4. The minimum Gasteiger partial charge on any atom is -0.361 e. The Labute approximate surface area is 159 Å².